The third kappa shape index (κ3) is 4.17. The topological polar surface area (TPSA) is 84.6 Å². The van der Waals surface area contributed by atoms with Crippen molar-refractivity contribution in [3.05, 3.63) is 17.5 Å². The Labute approximate surface area is 153 Å². The van der Waals surface area contributed by atoms with E-state index in [1.165, 1.54) is 12.8 Å². The minimum Gasteiger partial charge on any atom is -0.342 e. The number of H-pyrrole nitrogens is 1. The first-order valence-electron chi connectivity index (χ1n) is 9.76. The first-order chi connectivity index (χ1) is 12.7. The number of carbonyl (C=O) groups excluding carboxylic acids is 2. The summed E-state index contributed by atoms with van der Waals surface area (Å²) in [4.78, 5) is 30.5. The number of nitrogens with one attached hydrogen (secondary N) is 2. The number of carbonyl (C=O) groups is 2. The van der Waals surface area contributed by atoms with Crippen LogP contribution in [0.3, 0.4) is 0 Å². The molecule has 8 heteroatoms. The van der Waals surface area contributed by atoms with Crippen LogP contribution in [-0.2, 0) is 11.3 Å². The molecule has 2 aliphatic heterocycles. The summed E-state index contributed by atoms with van der Waals surface area (Å²) in [5.41, 5.74) is 2.07. The van der Waals surface area contributed by atoms with Gasteiger partial charge in [0.15, 0.2) is 0 Å². The zero-order chi connectivity index (χ0) is 17.9. The Morgan fingerprint density at radius 1 is 1.08 bits per heavy atom. The number of rotatable bonds is 5. The number of aromatic amines is 1. The van der Waals surface area contributed by atoms with Crippen molar-refractivity contribution in [1.82, 2.24) is 30.2 Å². The number of amides is 3. The molecule has 1 aromatic rings. The van der Waals surface area contributed by atoms with Gasteiger partial charge in [-0.25, -0.2) is 4.79 Å². The molecule has 0 unspecified atom stereocenters. The molecule has 0 atom stereocenters. The van der Waals surface area contributed by atoms with E-state index in [0.29, 0.717) is 32.1 Å². The maximum atomic E-state index is 12.3. The molecule has 4 rings (SSSR count). The van der Waals surface area contributed by atoms with E-state index in [1.807, 2.05) is 9.80 Å². The lowest BCUT2D eigenvalue weighted by atomic mass is 10.2. The number of hydrogen-bond acceptors (Lipinski definition) is 4. The number of aromatic nitrogens is 2. The van der Waals surface area contributed by atoms with Gasteiger partial charge in [-0.1, -0.05) is 0 Å². The van der Waals surface area contributed by atoms with Crippen molar-refractivity contribution < 1.29 is 9.59 Å². The molecule has 3 amide bonds. The number of hydrogen-bond donors (Lipinski definition) is 2. The highest BCUT2D eigenvalue weighted by atomic mass is 16.2. The van der Waals surface area contributed by atoms with Crippen LogP contribution in [0.25, 0.3) is 0 Å². The molecular weight excluding hydrogens is 332 g/mol. The third-order valence-electron chi connectivity index (χ3n) is 5.55. The molecule has 8 nitrogen and oxygen atoms in total. The highest BCUT2D eigenvalue weighted by molar-refractivity contribution is 5.78. The average Bonchev–Trinajstić information content (AvgIpc) is 3.16. The van der Waals surface area contributed by atoms with Gasteiger partial charge in [0, 0.05) is 45.2 Å². The van der Waals surface area contributed by atoms with Crippen LogP contribution in [0.1, 0.15) is 43.0 Å². The second-order valence-electron chi connectivity index (χ2n) is 7.60. The van der Waals surface area contributed by atoms with Gasteiger partial charge in [0.2, 0.25) is 5.91 Å². The van der Waals surface area contributed by atoms with Gasteiger partial charge < -0.3 is 15.1 Å². The number of likely N-dealkylation sites (tertiary alicyclic amines) is 1. The van der Waals surface area contributed by atoms with Crippen LogP contribution in [0.15, 0.2) is 6.07 Å². The molecule has 3 heterocycles. The lowest BCUT2D eigenvalue weighted by Gasteiger charge is -2.34. The fourth-order valence-corrected chi connectivity index (χ4v) is 3.71. The second kappa shape index (κ2) is 7.65. The van der Waals surface area contributed by atoms with Gasteiger partial charge in [0.25, 0.3) is 0 Å². The molecular formula is C18H28N6O2. The second-order valence-corrected chi connectivity index (χ2v) is 7.60. The van der Waals surface area contributed by atoms with Crippen molar-refractivity contribution in [2.75, 3.05) is 45.8 Å². The molecule has 0 bridgehead atoms. The van der Waals surface area contributed by atoms with Gasteiger partial charge in [-0.3, -0.25) is 14.8 Å². The Morgan fingerprint density at radius 2 is 1.81 bits per heavy atom. The molecule has 2 saturated heterocycles. The summed E-state index contributed by atoms with van der Waals surface area (Å²) in [6.07, 6.45) is 4.69. The zero-order valence-electron chi connectivity index (χ0n) is 15.2. The third-order valence-corrected chi connectivity index (χ3v) is 5.55. The van der Waals surface area contributed by atoms with Gasteiger partial charge in [-0.05, 0) is 31.7 Å². The standard InChI is InChI=1S/C18H28N6O2/c25-17(23-5-1-2-6-23)13-22-7-9-24(10-8-22)18(26)19-12-15-11-16(21-20-15)14-3-4-14/h11,14H,1-10,12-13H2,(H,19,26)(H,20,21). The van der Waals surface area contributed by atoms with Crippen LogP contribution in [0.2, 0.25) is 0 Å². The molecule has 1 aliphatic carbocycles. The van der Waals surface area contributed by atoms with E-state index in [0.717, 1.165) is 50.4 Å². The van der Waals surface area contributed by atoms with Gasteiger partial charge in [-0.15, -0.1) is 0 Å². The normalized spacial score (nSPS) is 21.2. The molecule has 0 aromatic carbocycles. The van der Waals surface area contributed by atoms with Crippen LogP contribution >= 0.6 is 0 Å². The fraction of sp³-hybridized carbons (Fsp3) is 0.722. The van der Waals surface area contributed by atoms with Crippen LogP contribution < -0.4 is 5.32 Å². The Hall–Kier alpha value is -2.09. The van der Waals surface area contributed by atoms with Crippen molar-refractivity contribution >= 4 is 11.9 Å². The predicted molar refractivity (Wildman–Crippen MR) is 96.6 cm³/mol. The summed E-state index contributed by atoms with van der Waals surface area (Å²) in [6, 6.07) is 2.01. The molecule has 0 spiro atoms. The van der Waals surface area contributed by atoms with E-state index in [2.05, 4.69) is 26.5 Å². The summed E-state index contributed by atoms with van der Waals surface area (Å²) in [5, 5.41) is 10.3. The minimum atomic E-state index is -0.0434. The van der Waals surface area contributed by atoms with Gasteiger partial charge >= 0.3 is 6.03 Å². The van der Waals surface area contributed by atoms with Gasteiger partial charge in [-0.2, -0.15) is 5.10 Å². The SMILES string of the molecule is O=C(CN1CCN(C(=O)NCc2cc(C3CC3)n[nH]2)CC1)N1CCCC1. The smallest absolute Gasteiger partial charge is 0.317 e. The Balaban J connectivity index is 1.17. The van der Waals surface area contributed by atoms with Crippen molar-refractivity contribution in [3.63, 3.8) is 0 Å². The van der Waals surface area contributed by atoms with Crippen molar-refractivity contribution in [1.29, 1.82) is 0 Å². The molecule has 1 aromatic heterocycles. The van der Waals surface area contributed by atoms with E-state index in [9.17, 15) is 9.59 Å². The van der Waals surface area contributed by atoms with Crippen LogP contribution in [-0.4, -0.2) is 82.6 Å². The summed E-state index contributed by atoms with van der Waals surface area (Å²) in [6.45, 7) is 5.59. The number of urea groups is 1. The van der Waals surface area contributed by atoms with Crippen molar-refractivity contribution in [3.8, 4) is 0 Å². The average molecular weight is 360 g/mol. The zero-order valence-corrected chi connectivity index (χ0v) is 15.2. The Bertz CT molecular complexity index is 642. The van der Waals surface area contributed by atoms with Gasteiger partial charge in [0.05, 0.1) is 24.5 Å². The maximum Gasteiger partial charge on any atom is 0.317 e. The fourth-order valence-electron chi connectivity index (χ4n) is 3.71. The first-order valence-corrected chi connectivity index (χ1v) is 9.76. The predicted octanol–water partition coefficient (Wildman–Crippen LogP) is 0.737. The summed E-state index contributed by atoms with van der Waals surface area (Å²) >= 11 is 0. The summed E-state index contributed by atoms with van der Waals surface area (Å²) < 4.78 is 0. The van der Waals surface area contributed by atoms with Crippen LogP contribution in [0.4, 0.5) is 4.79 Å². The van der Waals surface area contributed by atoms with Gasteiger partial charge in [0.1, 0.15) is 0 Å². The first kappa shape index (κ1) is 17.3. The Morgan fingerprint density at radius 3 is 2.50 bits per heavy atom. The highest BCUT2D eigenvalue weighted by Gasteiger charge is 2.27. The number of piperazine rings is 1. The van der Waals surface area contributed by atoms with E-state index < -0.39 is 0 Å². The lowest BCUT2D eigenvalue weighted by molar-refractivity contribution is -0.131. The van der Waals surface area contributed by atoms with Crippen molar-refractivity contribution in [2.45, 2.75) is 38.1 Å². The number of nitrogens with zero attached hydrogens (tertiary/aromatic N) is 4. The lowest BCUT2D eigenvalue weighted by Crippen LogP contribution is -2.53. The van der Waals surface area contributed by atoms with E-state index in [4.69, 9.17) is 0 Å². The molecule has 3 aliphatic rings. The van der Waals surface area contributed by atoms with E-state index in [-0.39, 0.29) is 11.9 Å². The molecule has 1 saturated carbocycles. The van der Waals surface area contributed by atoms with Crippen LogP contribution in [0.5, 0.6) is 0 Å². The monoisotopic (exact) mass is 360 g/mol. The highest BCUT2D eigenvalue weighted by Crippen LogP contribution is 2.38. The minimum absolute atomic E-state index is 0.0434. The van der Waals surface area contributed by atoms with Crippen LogP contribution in [0, 0.1) is 0 Å². The van der Waals surface area contributed by atoms with E-state index >= 15 is 0 Å². The largest absolute Gasteiger partial charge is 0.342 e. The Kier molecular flexibility index (Phi) is 5.10. The molecule has 0 radical (unpaired) electrons. The van der Waals surface area contributed by atoms with E-state index in [1.54, 1.807) is 0 Å². The summed E-state index contributed by atoms with van der Waals surface area (Å²) in [7, 11) is 0. The molecule has 2 N–H and O–H groups in total. The molecule has 142 valence electrons. The van der Waals surface area contributed by atoms with Crippen molar-refractivity contribution in [2.24, 2.45) is 0 Å². The quantitative estimate of drug-likeness (QED) is 0.811. The molecule has 3 fully saturated rings. The summed E-state index contributed by atoms with van der Waals surface area (Å²) in [5.74, 6) is 0.846. The molecule has 26 heavy (non-hydrogen) atoms. The maximum absolute atomic E-state index is 12.3.